The van der Waals surface area contributed by atoms with Crippen LogP contribution in [0.15, 0.2) is 47.4 Å². The first-order valence-electron chi connectivity index (χ1n) is 8.94. The van der Waals surface area contributed by atoms with Gasteiger partial charge in [0.25, 0.3) is 5.91 Å². The maximum Gasteiger partial charge on any atom is 0.346 e. The van der Waals surface area contributed by atoms with Gasteiger partial charge in [0.05, 0.1) is 31.3 Å². The fourth-order valence-corrected chi connectivity index (χ4v) is 3.86. The van der Waals surface area contributed by atoms with Crippen molar-refractivity contribution in [2.75, 3.05) is 5.32 Å². The zero-order chi connectivity index (χ0) is 23.4. The van der Waals surface area contributed by atoms with Crippen LogP contribution in [0.3, 0.4) is 0 Å². The van der Waals surface area contributed by atoms with E-state index in [1.54, 1.807) is 24.3 Å². The molecule has 0 spiro atoms. The number of H-pyrrole nitrogens is 1. The van der Waals surface area contributed by atoms with E-state index < -0.39 is 23.6 Å². The number of carbonyl (C=O) groups is 2. The lowest BCUT2D eigenvalue weighted by molar-refractivity contribution is -0.139. The maximum atomic E-state index is 12.6. The number of rotatable bonds is 7. The van der Waals surface area contributed by atoms with Gasteiger partial charge in [-0.3, -0.25) is 9.78 Å². The zero-order valence-electron chi connectivity index (χ0n) is 16.0. The summed E-state index contributed by atoms with van der Waals surface area (Å²) in [5.74, 6) is -1.97. The molecule has 1 aromatic heterocycles. The number of aromatic nitrogens is 2. The molecule has 1 unspecified atom stereocenters. The Morgan fingerprint density at radius 3 is 2.12 bits per heavy atom. The minimum Gasteiger partial charge on any atom is -0.480 e. The molecule has 0 aliphatic heterocycles. The van der Waals surface area contributed by atoms with Crippen molar-refractivity contribution in [1.82, 2.24) is 15.3 Å². The summed E-state index contributed by atoms with van der Waals surface area (Å²) in [6.07, 6.45) is 0.952. The van der Waals surface area contributed by atoms with E-state index in [0.717, 1.165) is 0 Å². The summed E-state index contributed by atoms with van der Waals surface area (Å²) in [4.78, 5) is 42.4. The van der Waals surface area contributed by atoms with Gasteiger partial charge in [0.15, 0.2) is 0 Å². The average molecular weight is 516 g/mol. The van der Waals surface area contributed by atoms with E-state index in [-0.39, 0.29) is 43.5 Å². The van der Waals surface area contributed by atoms with E-state index in [4.69, 9.17) is 46.4 Å². The van der Waals surface area contributed by atoms with Crippen molar-refractivity contribution in [1.29, 1.82) is 0 Å². The summed E-state index contributed by atoms with van der Waals surface area (Å²) in [6.45, 7) is 0. The van der Waals surface area contributed by atoms with Gasteiger partial charge in [-0.15, -0.1) is 0 Å². The Kier molecular flexibility index (Phi) is 7.63. The second kappa shape index (κ2) is 10.2. The lowest BCUT2D eigenvalue weighted by Gasteiger charge is -2.18. The fraction of sp³-hybridized carbons (Fsp3) is 0.100. The zero-order valence-corrected chi connectivity index (χ0v) is 19.0. The highest BCUT2D eigenvalue weighted by Gasteiger charge is 2.25. The third-order valence-corrected chi connectivity index (χ3v) is 5.58. The minimum absolute atomic E-state index is 0.0529. The van der Waals surface area contributed by atoms with Crippen LogP contribution in [0.2, 0.25) is 20.1 Å². The van der Waals surface area contributed by atoms with Gasteiger partial charge < -0.3 is 15.7 Å². The molecule has 0 aliphatic carbocycles. The summed E-state index contributed by atoms with van der Waals surface area (Å²) in [5.41, 5.74) is -0.155. The fourth-order valence-electron chi connectivity index (χ4n) is 2.79. The molecule has 3 aromatic rings. The Labute approximate surface area is 201 Å². The number of aromatic amines is 1. The molecule has 1 amide bonds. The summed E-state index contributed by atoms with van der Waals surface area (Å²) >= 11 is 24.4. The molecule has 1 heterocycles. The second-order valence-corrected chi connectivity index (χ2v) is 8.10. The number of hydrogen-bond donors (Lipinski definition) is 4. The molecule has 0 saturated carbocycles. The predicted molar refractivity (Wildman–Crippen MR) is 124 cm³/mol. The highest BCUT2D eigenvalue weighted by atomic mass is 35.5. The van der Waals surface area contributed by atoms with Crippen LogP contribution in [0.25, 0.3) is 0 Å². The van der Waals surface area contributed by atoms with E-state index in [0.29, 0.717) is 5.69 Å². The van der Waals surface area contributed by atoms with Gasteiger partial charge in [-0.05, 0) is 24.3 Å². The monoisotopic (exact) mass is 514 g/mol. The van der Waals surface area contributed by atoms with Crippen LogP contribution < -0.4 is 16.3 Å². The van der Waals surface area contributed by atoms with Crippen LogP contribution in [0, 0.1) is 0 Å². The minimum atomic E-state index is -1.40. The summed E-state index contributed by atoms with van der Waals surface area (Å²) < 4.78 is 0. The topological polar surface area (TPSA) is 124 Å². The third-order valence-electron chi connectivity index (χ3n) is 4.32. The molecule has 0 bridgehead atoms. The number of nitrogens with one attached hydrogen (secondary N) is 3. The Hall–Kier alpha value is -2.78. The van der Waals surface area contributed by atoms with Crippen LogP contribution in [0.5, 0.6) is 0 Å². The first-order valence-corrected chi connectivity index (χ1v) is 10.5. The lowest BCUT2D eigenvalue weighted by Crippen LogP contribution is -2.42. The molecule has 1 atom stereocenters. The quantitative estimate of drug-likeness (QED) is 0.366. The van der Waals surface area contributed by atoms with Crippen molar-refractivity contribution in [3.05, 3.63) is 84.3 Å². The number of carbonyl (C=O) groups excluding carboxylic acids is 1. The number of halogens is 4. The number of nitrogens with zero attached hydrogens (tertiary/aromatic N) is 1. The van der Waals surface area contributed by atoms with Crippen molar-refractivity contribution < 1.29 is 14.7 Å². The van der Waals surface area contributed by atoms with Gasteiger partial charge in [0.2, 0.25) is 0 Å². The van der Waals surface area contributed by atoms with Crippen molar-refractivity contribution >= 4 is 69.8 Å². The van der Waals surface area contributed by atoms with E-state index in [1.807, 2.05) is 0 Å². The molecule has 0 radical (unpaired) electrons. The molecule has 166 valence electrons. The number of para-hydroxylation sites is 1. The van der Waals surface area contributed by atoms with Crippen molar-refractivity contribution in [3.63, 3.8) is 0 Å². The molecule has 2 aromatic carbocycles. The van der Waals surface area contributed by atoms with Gasteiger partial charge >= 0.3 is 11.7 Å². The molecular weight excluding hydrogens is 502 g/mol. The highest BCUT2D eigenvalue weighted by molar-refractivity contribution is 6.40. The van der Waals surface area contributed by atoms with Gasteiger partial charge in [0, 0.05) is 18.2 Å². The van der Waals surface area contributed by atoms with Crippen LogP contribution in [0.1, 0.15) is 15.9 Å². The van der Waals surface area contributed by atoms with E-state index in [9.17, 15) is 19.5 Å². The lowest BCUT2D eigenvalue weighted by atomic mass is 10.1. The molecule has 8 nitrogen and oxygen atoms in total. The summed E-state index contributed by atoms with van der Waals surface area (Å²) in [6, 6.07) is 7.88. The van der Waals surface area contributed by atoms with E-state index in [1.165, 1.54) is 18.3 Å². The van der Waals surface area contributed by atoms with Crippen molar-refractivity contribution in [2.45, 2.75) is 12.5 Å². The number of hydrogen-bond acceptors (Lipinski definition) is 5. The van der Waals surface area contributed by atoms with Gasteiger partial charge in [0.1, 0.15) is 11.9 Å². The third kappa shape index (κ3) is 5.52. The van der Waals surface area contributed by atoms with Crippen molar-refractivity contribution in [2.24, 2.45) is 0 Å². The standard InChI is InChI=1S/C20H14Cl4N4O4/c21-10-3-1-4-11(22)15(10)18(29)26-14(19(30)31)7-9-8-25-20(32)28-17(9)27-16-12(23)5-2-6-13(16)24/h1-6,8,14H,7H2,(H,26,29)(H,30,31)(H2,25,27,28,32). The van der Waals surface area contributed by atoms with Crippen LogP contribution in [-0.4, -0.2) is 33.0 Å². The first-order chi connectivity index (χ1) is 15.2. The smallest absolute Gasteiger partial charge is 0.346 e. The average Bonchev–Trinajstić information content (AvgIpc) is 2.71. The Morgan fingerprint density at radius 1 is 1.00 bits per heavy atom. The summed E-state index contributed by atoms with van der Waals surface area (Å²) in [5, 5.41) is 15.6. The molecule has 4 N–H and O–H groups in total. The molecule has 3 rings (SSSR count). The highest BCUT2D eigenvalue weighted by Crippen LogP contribution is 2.33. The SMILES string of the molecule is O=C(NC(Cc1cnc(=O)[nH]c1Nc1c(Cl)cccc1Cl)C(=O)O)c1c(Cl)cccc1Cl. The van der Waals surface area contributed by atoms with Gasteiger partial charge in [-0.25, -0.2) is 14.6 Å². The largest absolute Gasteiger partial charge is 0.480 e. The Bertz CT molecular complexity index is 1210. The number of carboxylic acids is 1. The molecule has 12 heteroatoms. The maximum absolute atomic E-state index is 12.6. The number of anilines is 2. The van der Waals surface area contributed by atoms with Crippen LogP contribution in [-0.2, 0) is 11.2 Å². The van der Waals surface area contributed by atoms with E-state index in [2.05, 4.69) is 20.6 Å². The molecule has 32 heavy (non-hydrogen) atoms. The first kappa shape index (κ1) is 23.9. The van der Waals surface area contributed by atoms with Crippen molar-refractivity contribution in [3.8, 4) is 0 Å². The Morgan fingerprint density at radius 2 is 1.56 bits per heavy atom. The Balaban J connectivity index is 1.91. The second-order valence-electron chi connectivity index (χ2n) is 6.48. The number of carboxylic acid groups (broad SMARTS) is 1. The summed E-state index contributed by atoms with van der Waals surface area (Å²) in [7, 11) is 0. The predicted octanol–water partition coefficient (Wildman–Crippen LogP) is 4.55. The molecule has 0 saturated heterocycles. The normalized spacial score (nSPS) is 11.6. The molecular formula is C20H14Cl4N4O4. The molecule has 0 fully saturated rings. The van der Waals surface area contributed by atoms with E-state index >= 15 is 0 Å². The van der Waals surface area contributed by atoms with Crippen LogP contribution in [0.4, 0.5) is 11.5 Å². The molecule has 0 aliphatic rings. The number of amides is 1. The van der Waals surface area contributed by atoms with Gasteiger partial charge in [-0.2, -0.15) is 0 Å². The number of aliphatic carboxylic acids is 1. The van der Waals surface area contributed by atoms with Crippen LogP contribution >= 0.6 is 46.4 Å². The van der Waals surface area contributed by atoms with Gasteiger partial charge in [-0.1, -0.05) is 58.5 Å². The number of benzene rings is 2.